The Kier molecular flexibility index (Phi) is 40.2. The monoisotopic (exact) mass is 1570 g/mol. The van der Waals surface area contributed by atoms with Crippen LogP contribution in [0.4, 0.5) is 0 Å². The average molecular weight is 1560 g/mol. The first-order chi connectivity index (χ1) is 43.2. The number of rotatable bonds is 54. The smallest absolute Gasteiger partial charge is 0.0654 e. The quantitative estimate of drug-likeness (QED) is 0.0282. The Balaban J connectivity index is 1.23. The third kappa shape index (κ3) is 28.3. The molecule has 0 aliphatic carbocycles. The van der Waals surface area contributed by atoms with Crippen LogP contribution in [0.5, 0.6) is 0 Å². The van der Waals surface area contributed by atoms with E-state index in [1.54, 1.807) is 4.44 Å². The molecule has 8 heteroatoms. The van der Waals surface area contributed by atoms with Crippen molar-refractivity contribution in [3.05, 3.63) is 89.4 Å². The Bertz CT molecular complexity index is 2860. The predicted molar refractivity (Wildman–Crippen MR) is 394 cm³/mol. The van der Waals surface area contributed by atoms with Gasteiger partial charge in [0, 0.05) is 0 Å². The van der Waals surface area contributed by atoms with Crippen molar-refractivity contribution in [2.24, 2.45) is 11.8 Å². The van der Waals surface area contributed by atoms with Gasteiger partial charge in [-0.2, -0.15) is 0 Å². The number of hydrogen-bond acceptors (Lipinski definition) is 2. The molecule has 6 aromatic rings. The molecule has 0 N–H and O–H groups in total. The second-order valence-electron chi connectivity index (χ2n) is 27.1. The molecule has 0 aliphatic rings. The van der Waals surface area contributed by atoms with Crippen LogP contribution in [0.2, 0.25) is 0 Å². The summed E-state index contributed by atoms with van der Waals surface area (Å²) in [6.45, 7) is 15.2. The molecule has 88 heavy (non-hydrogen) atoms. The molecule has 492 valence electrons. The minimum Gasteiger partial charge on any atom is -0.0654 e. The van der Waals surface area contributed by atoms with E-state index in [4.69, 9.17) is 0 Å². The molecule has 0 aliphatic heterocycles. The van der Waals surface area contributed by atoms with Crippen LogP contribution in [-0.4, -0.2) is 79.0 Å². The number of aromatic nitrogens is 2. The fourth-order valence-electron chi connectivity index (χ4n) is 13.9. The summed E-state index contributed by atoms with van der Waals surface area (Å²) in [6.07, 6.45) is 62.4. The summed E-state index contributed by atoms with van der Waals surface area (Å²) in [5.74, 6) is 1.56. The van der Waals surface area contributed by atoms with Crippen molar-refractivity contribution in [2.45, 2.75) is 350 Å². The van der Waals surface area contributed by atoms with Gasteiger partial charge in [0.2, 0.25) is 0 Å². The van der Waals surface area contributed by atoms with Gasteiger partial charge in [-0.3, -0.25) is 0 Å². The van der Waals surface area contributed by atoms with E-state index in [0.29, 0.717) is 29.0 Å². The van der Waals surface area contributed by atoms with Crippen molar-refractivity contribution in [2.75, 3.05) is 0 Å². The minimum atomic E-state index is -0.794. The van der Waals surface area contributed by atoms with Crippen LogP contribution in [0.15, 0.2) is 70.3 Å². The van der Waals surface area contributed by atoms with Gasteiger partial charge in [0.25, 0.3) is 0 Å². The van der Waals surface area contributed by atoms with Gasteiger partial charge in [0.1, 0.15) is 0 Å². The maximum absolute atomic E-state index is 15.6. The van der Waals surface area contributed by atoms with E-state index in [1.165, 1.54) is 297 Å². The molecule has 4 nitrogen and oxygen atoms in total. The molecule has 2 unspecified atom stereocenters. The number of pyridine rings is 2. The van der Waals surface area contributed by atoms with Crippen LogP contribution in [0.3, 0.4) is 0 Å². The van der Waals surface area contributed by atoms with Crippen molar-refractivity contribution in [3.63, 3.8) is 0 Å². The van der Waals surface area contributed by atoms with Crippen LogP contribution in [0.25, 0.3) is 46.2 Å². The fraction of sp³-hybridized carbons (Fsp3) is 0.700. The van der Waals surface area contributed by atoms with Gasteiger partial charge in [0.15, 0.2) is 0 Å². The molecule has 0 saturated heterocycles. The molecule has 0 amide bonds. The average Bonchev–Trinajstić information content (AvgIpc) is 1.06. The second-order valence-corrected chi connectivity index (χ2v) is 38.9. The van der Waals surface area contributed by atoms with Gasteiger partial charge in [-0.1, -0.05) is 207 Å². The van der Waals surface area contributed by atoms with E-state index < -0.39 is 40.9 Å². The molecule has 6 rings (SSSR count). The Morgan fingerprint density at radius 2 is 0.636 bits per heavy atom. The van der Waals surface area contributed by atoms with Crippen LogP contribution in [0.1, 0.15) is 331 Å². The molecule has 0 fully saturated rings. The van der Waals surface area contributed by atoms with E-state index in [0.717, 1.165) is 72.8 Å². The number of aryl methyl sites for hydroxylation is 4. The fourth-order valence-corrected chi connectivity index (χ4v) is 24.6. The summed E-state index contributed by atoms with van der Waals surface area (Å²) in [7, 11) is 0. The molecular weight excluding hydrogens is 1430 g/mol. The summed E-state index contributed by atoms with van der Waals surface area (Å²) in [4.78, 5) is 30.9. The number of unbranched alkanes of at least 4 members (excludes halogenated alkanes) is 34. The predicted octanol–water partition coefficient (Wildman–Crippen LogP) is 23.9. The van der Waals surface area contributed by atoms with Gasteiger partial charge in [-0.05, 0) is 0 Å². The van der Waals surface area contributed by atoms with E-state index in [1.807, 2.05) is 0 Å². The molecule has 2 atom stereocenters. The Morgan fingerprint density at radius 1 is 0.330 bits per heavy atom. The van der Waals surface area contributed by atoms with Crippen molar-refractivity contribution in [3.8, 4) is 35.2 Å². The van der Waals surface area contributed by atoms with Gasteiger partial charge in [-0.15, -0.1) is 0 Å². The first kappa shape index (κ1) is 75.7. The molecule has 0 radical (unpaired) electrons. The zero-order valence-corrected chi connectivity index (χ0v) is 65.3. The van der Waals surface area contributed by atoms with E-state index in [9.17, 15) is 0 Å². The number of fused-ring (bicyclic) bond motifs is 1. The van der Waals surface area contributed by atoms with Crippen molar-refractivity contribution in [1.82, 2.24) is 9.13 Å². The van der Waals surface area contributed by atoms with E-state index >= 15 is 9.59 Å². The number of hydrogen-bond donors (Lipinski definition) is 0. The molecular formula is C80H126N2O2Se2Te2. The van der Waals surface area contributed by atoms with Gasteiger partial charge in [-0.25, -0.2) is 0 Å². The van der Waals surface area contributed by atoms with Gasteiger partial charge in [0.05, 0.1) is 0 Å². The minimum absolute atomic E-state index is 0.167. The van der Waals surface area contributed by atoms with Crippen LogP contribution < -0.4 is 11.1 Å². The summed E-state index contributed by atoms with van der Waals surface area (Å²) in [5.41, 5.74) is 4.05. The third-order valence-corrected chi connectivity index (χ3v) is 31.8. The van der Waals surface area contributed by atoms with Crippen molar-refractivity contribution < 1.29 is 0 Å². The molecule has 0 spiro atoms. The van der Waals surface area contributed by atoms with Gasteiger partial charge >= 0.3 is 369 Å². The van der Waals surface area contributed by atoms with Crippen molar-refractivity contribution in [1.29, 1.82) is 0 Å². The second kappa shape index (κ2) is 46.7. The first-order valence-corrected chi connectivity index (χ1v) is 45.5. The van der Waals surface area contributed by atoms with Crippen molar-refractivity contribution >= 4 is 80.9 Å². The standard InChI is InChI=1S/C80H126N2O2Se2Te2/c1-7-11-15-19-23-27-29-33-37-41-49-67(47-39-35-31-25-21-17-13-9-3)51-43-45-61-81-72-64-70(77-59-60-78(88-77)75-57-56-74(86-75)73-55-53-65(5)85-73)80(84)82(71(72)63-69(79(81)83)76-58-54-66(6)87-76)62-46-44-52-68(48-40-36-32-26-22-18-14-10-4)50-42-38-34-30-28-24-20-16-12-8-2/h53-60,63-64,67-68H,7-52,61-62H2,1-6H3. The Labute approximate surface area is 571 Å². The third-order valence-electron chi connectivity index (χ3n) is 19.4. The molecule has 0 bridgehead atoms. The van der Waals surface area contributed by atoms with Crippen LogP contribution in [-0.2, 0) is 13.1 Å². The molecule has 6 aromatic heterocycles. The summed E-state index contributed by atoms with van der Waals surface area (Å²) >= 11 is -0.675. The summed E-state index contributed by atoms with van der Waals surface area (Å²) < 4.78 is 15.9. The van der Waals surface area contributed by atoms with E-state index in [-0.39, 0.29) is 11.1 Å². The SMILES string of the molecule is CCCCCCCCCCCCC(CCCCCCCCCC)CCCCn1c(=O)c(-c2ccc(C)[te]2)cc2c1cc(-c1ccc(-c3ccc(-c4ccc(C)[se]4)[se]3)[te]1)c(=O)n2CCCCC(CCCCCCCCCC)CCCCCCCCCCCC. The topological polar surface area (TPSA) is 44.0 Å². The van der Waals surface area contributed by atoms with Crippen LogP contribution >= 0.6 is 0 Å². The summed E-state index contributed by atoms with van der Waals surface area (Å²) in [6, 6.07) is 23.1. The Morgan fingerprint density at radius 3 is 0.989 bits per heavy atom. The zero-order valence-electron chi connectivity index (χ0n) is 57.2. The maximum atomic E-state index is 15.6. The first-order valence-electron chi connectivity index (χ1n) is 37.4. The Hall–Kier alpha value is -1.30. The zero-order chi connectivity index (χ0) is 62.2. The molecule has 0 saturated carbocycles. The van der Waals surface area contributed by atoms with Crippen LogP contribution in [0, 0.1) is 25.7 Å². The normalized spacial score (nSPS) is 12.6. The summed E-state index contributed by atoms with van der Waals surface area (Å²) in [5, 5.41) is 0. The molecule has 0 aromatic carbocycles. The number of nitrogens with zero attached hydrogens (tertiary/aromatic N) is 2. The van der Waals surface area contributed by atoms with E-state index in [2.05, 4.69) is 111 Å². The van der Waals surface area contributed by atoms with Gasteiger partial charge < -0.3 is 0 Å². The molecule has 6 heterocycles.